The molecule has 0 amide bonds. The summed E-state index contributed by atoms with van der Waals surface area (Å²) in [5.74, 6) is 0.337. The number of dihydropyridines is 1. The van der Waals surface area contributed by atoms with Crippen LogP contribution in [-0.2, 0) is 0 Å². The highest BCUT2D eigenvalue weighted by molar-refractivity contribution is 8.34. The van der Waals surface area contributed by atoms with Crippen LogP contribution in [0.25, 0.3) is 49.9 Å². The van der Waals surface area contributed by atoms with Crippen molar-refractivity contribution in [1.82, 2.24) is 9.88 Å². The lowest BCUT2D eigenvalue weighted by atomic mass is 9.82. The summed E-state index contributed by atoms with van der Waals surface area (Å²) in [5, 5.41) is 6.61. The van der Waals surface area contributed by atoms with E-state index in [9.17, 15) is 0 Å². The van der Waals surface area contributed by atoms with Crippen LogP contribution in [0.15, 0.2) is 232 Å². The molecule has 1 aliphatic carbocycles. The van der Waals surface area contributed by atoms with Gasteiger partial charge in [0.1, 0.15) is 0 Å². The third-order valence-corrected chi connectivity index (χ3v) is 15.9. The lowest BCUT2D eigenvalue weighted by Crippen LogP contribution is -2.37. The van der Waals surface area contributed by atoms with E-state index < -0.39 is 10.0 Å². The number of hydrogen-bond donors (Lipinski definition) is 1. The molecule has 2 nitrogen and oxygen atoms in total. The Morgan fingerprint density at radius 2 is 1.07 bits per heavy atom. The monoisotopic (exact) mass is 736 g/mol. The van der Waals surface area contributed by atoms with E-state index >= 15 is 0 Å². The molecule has 3 aliphatic rings. The molecule has 2 atom stereocenters. The molecule has 0 spiro atoms. The van der Waals surface area contributed by atoms with Crippen LogP contribution in [0.3, 0.4) is 0 Å². The predicted molar refractivity (Wildman–Crippen MR) is 235 cm³/mol. The van der Waals surface area contributed by atoms with Crippen molar-refractivity contribution in [3.05, 3.63) is 224 Å². The Morgan fingerprint density at radius 1 is 0.500 bits per heavy atom. The van der Waals surface area contributed by atoms with Crippen molar-refractivity contribution in [3.63, 3.8) is 0 Å². The molecule has 11 rings (SSSR count). The maximum absolute atomic E-state index is 4.05. The quantitative estimate of drug-likeness (QED) is 0.180. The zero-order valence-corrected chi connectivity index (χ0v) is 31.7. The van der Waals surface area contributed by atoms with E-state index in [4.69, 9.17) is 0 Å². The minimum Gasteiger partial charge on any atom is -0.377 e. The van der Waals surface area contributed by atoms with Gasteiger partial charge in [-0.3, -0.25) is 0 Å². The molecule has 268 valence electrons. The van der Waals surface area contributed by atoms with Gasteiger partial charge in [-0.05, 0) is 101 Å². The fourth-order valence-corrected chi connectivity index (χ4v) is 13.6. The standard InChI is InChI=1S/C53H40N2S/c1-3-15-39(16-4-1)53-43(37-27-31-40(32-28-37)55-49-23-11-7-19-44(49)45-20-8-12-24-50(45)55)35-36-48(54-53)38-29-33-42(34-30-38)56(41-17-5-2-6-18-41)51-25-13-9-21-46(51)47-22-10-14-26-52(47)56/h1-15,17-36,39,53-54H,16H2. The molecule has 1 aromatic heterocycles. The molecule has 8 aromatic rings. The summed E-state index contributed by atoms with van der Waals surface area (Å²) in [5.41, 5.74) is 11.2. The summed E-state index contributed by atoms with van der Waals surface area (Å²) in [4.78, 5) is 5.57. The van der Waals surface area contributed by atoms with Crippen LogP contribution < -0.4 is 5.32 Å². The van der Waals surface area contributed by atoms with Gasteiger partial charge in [0.05, 0.1) is 17.1 Å². The van der Waals surface area contributed by atoms with Crippen LogP contribution >= 0.6 is 10.0 Å². The number of benzene rings is 7. The first-order valence-corrected chi connectivity index (χ1v) is 21.2. The van der Waals surface area contributed by atoms with Gasteiger partial charge in [0.2, 0.25) is 0 Å². The normalized spacial score (nSPS) is 18.5. The Balaban J connectivity index is 0.982. The van der Waals surface area contributed by atoms with Crippen molar-refractivity contribution < 1.29 is 0 Å². The van der Waals surface area contributed by atoms with Gasteiger partial charge < -0.3 is 9.88 Å². The summed E-state index contributed by atoms with van der Waals surface area (Å²) in [6.07, 6.45) is 14.7. The van der Waals surface area contributed by atoms with Crippen molar-refractivity contribution in [2.24, 2.45) is 5.92 Å². The van der Waals surface area contributed by atoms with Gasteiger partial charge in [0.25, 0.3) is 0 Å². The number of allylic oxidation sites excluding steroid dienone is 5. The average molecular weight is 737 g/mol. The molecule has 1 N–H and O–H groups in total. The number of hydrogen-bond acceptors (Lipinski definition) is 1. The summed E-state index contributed by atoms with van der Waals surface area (Å²) in [7, 11) is -1.67. The van der Waals surface area contributed by atoms with Gasteiger partial charge in [0, 0.05) is 47.7 Å². The van der Waals surface area contributed by atoms with Crippen LogP contribution in [-0.4, -0.2) is 10.6 Å². The Labute approximate surface area is 329 Å². The maximum Gasteiger partial charge on any atom is 0.0585 e. The van der Waals surface area contributed by atoms with E-state index in [0.29, 0.717) is 5.92 Å². The second-order valence-corrected chi connectivity index (χ2v) is 17.9. The van der Waals surface area contributed by atoms with Gasteiger partial charge in [-0.15, -0.1) is 10.0 Å². The molecule has 0 saturated heterocycles. The number of nitrogens with one attached hydrogen (secondary N) is 1. The van der Waals surface area contributed by atoms with E-state index in [1.807, 2.05) is 0 Å². The van der Waals surface area contributed by atoms with Gasteiger partial charge >= 0.3 is 0 Å². The van der Waals surface area contributed by atoms with Gasteiger partial charge in [0.15, 0.2) is 0 Å². The first kappa shape index (κ1) is 32.8. The summed E-state index contributed by atoms with van der Waals surface area (Å²) < 4.78 is 2.39. The second-order valence-electron chi connectivity index (χ2n) is 14.9. The Bertz CT molecular complexity index is 2810. The van der Waals surface area contributed by atoms with Crippen LogP contribution in [0.5, 0.6) is 0 Å². The van der Waals surface area contributed by atoms with Crippen molar-refractivity contribution >= 4 is 43.1 Å². The van der Waals surface area contributed by atoms with Gasteiger partial charge in [-0.1, -0.05) is 146 Å². The van der Waals surface area contributed by atoms with E-state index in [0.717, 1.165) is 12.1 Å². The van der Waals surface area contributed by atoms with Crippen LogP contribution in [0, 0.1) is 5.92 Å². The molecule has 0 bridgehead atoms. The minimum absolute atomic E-state index is 0.129. The Morgan fingerprint density at radius 3 is 1.71 bits per heavy atom. The number of nitrogens with zero attached hydrogens (tertiary/aromatic N) is 1. The highest BCUT2D eigenvalue weighted by Gasteiger charge is 2.41. The first-order chi connectivity index (χ1) is 27.8. The summed E-state index contributed by atoms with van der Waals surface area (Å²) in [6.45, 7) is 0. The van der Waals surface area contributed by atoms with Crippen molar-refractivity contribution in [1.29, 1.82) is 0 Å². The van der Waals surface area contributed by atoms with Crippen LogP contribution in [0.1, 0.15) is 17.5 Å². The first-order valence-electron chi connectivity index (χ1n) is 19.6. The zero-order valence-electron chi connectivity index (χ0n) is 30.9. The number of aromatic nitrogens is 1. The van der Waals surface area contributed by atoms with Crippen LogP contribution in [0.4, 0.5) is 0 Å². The average Bonchev–Trinajstić information content (AvgIpc) is 3.78. The van der Waals surface area contributed by atoms with Crippen molar-refractivity contribution in [2.45, 2.75) is 32.0 Å². The zero-order chi connectivity index (χ0) is 37.1. The van der Waals surface area contributed by atoms with E-state index in [1.165, 1.54) is 74.9 Å². The highest BCUT2D eigenvalue weighted by atomic mass is 32.3. The van der Waals surface area contributed by atoms with Crippen LogP contribution in [0.2, 0.25) is 0 Å². The molecule has 0 radical (unpaired) electrons. The number of rotatable bonds is 6. The lowest BCUT2D eigenvalue weighted by Gasteiger charge is -2.39. The fraction of sp³-hybridized carbons (Fsp3) is 0.0566. The Kier molecular flexibility index (Phi) is 7.82. The molecule has 2 unspecified atom stereocenters. The Hall–Kier alpha value is -6.55. The third kappa shape index (κ3) is 5.05. The molecule has 0 saturated carbocycles. The van der Waals surface area contributed by atoms with Crippen molar-refractivity contribution in [2.75, 3.05) is 0 Å². The lowest BCUT2D eigenvalue weighted by molar-refractivity contribution is 0.540. The second kappa shape index (κ2) is 13.3. The fourth-order valence-electron chi connectivity index (χ4n) is 9.35. The molecule has 2 aliphatic heterocycles. The molecule has 3 heteroatoms. The van der Waals surface area contributed by atoms with E-state index in [1.54, 1.807) is 0 Å². The van der Waals surface area contributed by atoms with E-state index in [2.05, 4.69) is 222 Å². The van der Waals surface area contributed by atoms with Gasteiger partial charge in [-0.25, -0.2) is 0 Å². The van der Waals surface area contributed by atoms with E-state index in [-0.39, 0.29) is 6.04 Å². The third-order valence-electron chi connectivity index (χ3n) is 11.9. The predicted octanol–water partition coefficient (Wildman–Crippen LogP) is 13.6. The SMILES string of the molecule is C1=CCC(C2NC(c3ccc(S4(c5ccccc5)c5ccccc5-c5ccccc54)cc3)=CC=C2c2ccc(-n3c4ccccc4c4ccccc43)cc2)C=C1. The molecule has 0 fully saturated rings. The van der Waals surface area contributed by atoms with Gasteiger partial charge in [-0.2, -0.15) is 0 Å². The molecule has 3 heterocycles. The van der Waals surface area contributed by atoms with Crippen molar-refractivity contribution in [3.8, 4) is 16.8 Å². The molecular weight excluding hydrogens is 697 g/mol. The topological polar surface area (TPSA) is 17.0 Å². The molecule has 56 heavy (non-hydrogen) atoms. The number of para-hydroxylation sites is 2. The highest BCUT2D eigenvalue weighted by Crippen LogP contribution is 2.79. The minimum atomic E-state index is -1.67. The molecule has 7 aromatic carbocycles. The smallest absolute Gasteiger partial charge is 0.0585 e. The number of fused-ring (bicyclic) bond motifs is 6. The molecular formula is C53H40N2S. The maximum atomic E-state index is 4.05. The largest absolute Gasteiger partial charge is 0.377 e. The summed E-state index contributed by atoms with van der Waals surface area (Å²) >= 11 is 0. The summed E-state index contributed by atoms with van der Waals surface area (Å²) in [6, 6.07) is 65.4.